The van der Waals surface area contributed by atoms with E-state index in [1.807, 2.05) is 6.07 Å². The molecule has 1 amide bonds. The highest BCUT2D eigenvalue weighted by Gasteiger charge is 2.53. The number of amides is 1. The van der Waals surface area contributed by atoms with Crippen LogP contribution in [0.5, 0.6) is 11.5 Å². The fourth-order valence-electron chi connectivity index (χ4n) is 3.21. The zero-order valence-electron chi connectivity index (χ0n) is 13.4. The number of ether oxygens (including phenoxy) is 3. The topological polar surface area (TPSA) is 94.1 Å². The van der Waals surface area contributed by atoms with Gasteiger partial charge < -0.3 is 24.6 Å². The highest BCUT2D eigenvalue weighted by atomic mass is 16.5. The number of methoxy groups -OCH3 is 2. The van der Waals surface area contributed by atoms with E-state index >= 15 is 0 Å². The van der Waals surface area contributed by atoms with Gasteiger partial charge in [-0.15, -0.1) is 0 Å². The number of benzene rings is 1. The first kappa shape index (κ1) is 16.3. The first-order valence-electron chi connectivity index (χ1n) is 7.60. The summed E-state index contributed by atoms with van der Waals surface area (Å²) in [4.78, 5) is 23.9. The average molecular weight is 333 g/mol. The van der Waals surface area contributed by atoms with Crippen molar-refractivity contribution >= 4 is 11.9 Å². The summed E-state index contributed by atoms with van der Waals surface area (Å²) in [6.07, 6.45) is 2.47. The second kappa shape index (κ2) is 6.52. The normalized spacial score (nSPS) is 27.1. The molecule has 0 spiro atoms. The average Bonchev–Trinajstić information content (AvgIpc) is 3.20. The Hall–Kier alpha value is -2.54. The fourth-order valence-corrected chi connectivity index (χ4v) is 3.21. The quantitative estimate of drug-likeness (QED) is 0.754. The summed E-state index contributed by atoms with van der Waals surface area (Å²) in [5, 5.41) is 12.1. The molecule has 4 atom stereocenters. The predicted molar refractivity (Wildman–Crippen MR) is 83.8 cm³/mol. The number of hydrogen-bond donors (Lipinski definition) is 2. The predicted octanol–water partition coefficient (Wildman–Crippen LogP) is 0.974. The first-order chi connectivity index (χ1) is 11.5. The second-order valence-electron chi connectivity index (χ2n) is 5.75. The smallest absolute Gasteiger partial charge is 0.310 e. The van der Waals surface area contributed by atoms with Crippen LogP contribution >= 0.6 is 0 Å². The van der Waals surface area contributed by atoms with Gasteiger partial charge in [-0.1, -0.05) is 18.2 Å². The Morgan fingerprint density at radius 3 is 2.42 bits per heavy atom. The van der Waals surface area contributed by atoms with E-state index in [9.17, 15) is 14.7 Å². The van der Waals surface area contributed by atoms with Crippen molar-refractivity contribution in [2.45, 2.75) is 18.8 Å². The largest absolute Gasteiger partial charge is 0.493 e. The van der Waals surface area contributed by atoms with Crippen LogP contribution in [0.15, 0.2) is 30.4 Å². The number of carbonyl (C=O) groups is 2. The Kier molecular flexibility index (Phi) is 4.44. The van der Waals surface area contributed by atoms with Crippen LogP contribution in [0.3, 0.4) is 0 Å². The maximum atomic E-state index is 12.5. The van der Waals surface area contributed by atoms with E-state index in [-0.39, 0.29) is 12.5 Å². The highest BCUT2D eigenvalue weighted by molar-refractivity contribution is 5.87. The Labute approximate surface area is 139 Å². The summed E-state index contributed by atoms with van der Waals surface area (Å²) in [5.41, 5.74) is 0.826. The van der Waals surface area contributed by atoms with Crippen LogP contribution in [0.4, 0.5) is 0 Å². The molecule has 0 saturated carbocycles. The van der Waals surface area contributed by atoms with Crippen molar-refractivity contribution in [2.75, 3.05) is 14.2 Å². The summed E-state index contributed by atoms with van der Waals surface area (Å²) in [6.45, 7) is 0.267. The molecule has 24 heavy (non-hydrogen) atoms. The monoisotopic (exact) mass is 333 g/mol. The fraction of sp³-hybridized carbons (Fsp3) is 0.412. The van der Waals surface area contributed by atoms with Crippen molar-refractivity contribution in [1.82, 2.24) is 5.32 Å². The third-order valence-electron chi connectivity index (χ3n) is 4.40. The van der Waals surface area contributed by atoms with E-state index in [4.69, 9.17) is 14.2 Å². The van der Waals surface area contributed by atoms with Gasteiger partial charge in [0, 0.05) is 6.54 Å². The molecule has 4 unspecified atom stereocenters. The SMILES string of the molecule is COc1ccc(CNC(=O)C2C3C=CC(O3)C2C(=O)O)cc1OC. The van der Waals surface area contributed by atoms with Gasteiger partial charge in [-0.05, 0) is 17.7 Å². The van der Waals surface area contributed by atoms with Gasteiger partial charge in [0.2, 0.25) is 5.91 Å². The highest BCUT2D eigenvalue weighted by Crippen LogP contribution is 2.39. The molecule has 1 aromatic rings. The molecule has 0 radical (unpaired) electrons. The summed E-state index contributed by atoms with van der Waals surface area (Å²) in [7, 11) is 3.09. The molecule has 0 aliphatic carbocycles. The molecular formula is C17H19NO6. The summed E-state index contributed by atoms with van der Waals surface area (Å²) >= 11 is 0. The van der Waals surface area contributed by atoms with Crippen molar-refractivity contribution in [3.05, 3.63) is 35.9 Å². The number of carbonyl (C=O) groups excluding carboxylic acids is 1. The third kappa shape index (κ3) is 2.82. The molecule has 7 nitrogen and oxygen atoms in total. The molecule has 128 valence electrons. The van der Waals surface area contributed by atoms with Crippen LogP contribution in [0.1, 0.15) is 5.56 Å². The molecular weight excluding hydrogens is 314 g/mol. The number of nitrogens with one attached hydrogen (secondary N) is 1. The van der Waals surface area contributed by atoms with E-state index in [2.05, 4.69) is 5.32 Å². The van der Waals surface area contributed by atoms with E-state index < -0.39 is 30.0 Å². The molecule has 2 N–H and O–H groups in total. The number of fused-ring (bicyclic) bond motifs is 2. The van der Waals surface area contributed by atoms with E-state index in [1.54, 1.807) is 31.4 Å². The van der Waals surface area contributed by atoms with Crippen LogP contribution in [-0.4, -0.2) is 43.4 Å². The van der Waals surface area contributed by atoms with Gasteiger partial charge >= 0.3 is 5.97 Å². The van der Waals surface area contributed by atoms with Gasteiger partial charge in [0.1, 0.15) is 5.92 Å². The maximum Gasteiger partial charge on any atom is 0.310 e. The lowest BCUT2D eigenvalue weighted by atomic mass is 9.82. The Bertz CT molecular complexity index is 686. The molecule has 2 heterocycles. The summed E-state index contributed by atoms with van der Waals surface area (Å²) < 4.78 is 15.9. The number of carboxylic acids is 1. The lowest BCUT2D eigenvalue weighted by Crippen LogP contribution is -2.42. The number of rotatable bonds is 6. The van der Waals surface area contributed by atoms with Crippen molar-refractivity contribution in [1.29, 1.82) is 0 Å². The zero-order chi connectivity index (χ0) is 17.3. The minimum absolute atomic E-state index is 0.267. The van der Waals surface area contributed by atoms with Gasteiger partial charge in [-0.3, -0.25) is 9.59 Å². The maximum absolute atomic E-state index is 12.5. The van der Waals surface area contributed by atoms with Gasteiger partial charge in [-0.2, -0.15) is 0 Å². The lowest BCUT2D eigenvalue weighted by molar-refractivity contribution is -0.146. The van der Waals surface area contributed by atoms with Gasteiger partial charge in [0.15, 0.2) is 11.5 Å². The minimum atomic E-state index is -1.02. The second-order valence-corrected chi connectivity index (χ2v) is 5.75. The Morgan fingerprint density at radius 1 is 1.12 bits per heavy atom. The molecule has 2 bridgehead atoms. The number of carboxylic acid groups (broad SMARTS) is 1. The van der Waals surface area contributed by atoms with Crippen LogP contribution in [-0.2, 0) is 20.9 Å². The lowest BCUT2D eigenvalue weighted by Gasteiger charge is -2.21. The molecule has 7 heteroatoms. The van der Waals surface area contributed by atoms with Crippen LogP contribution in [0.2, 0.25) is 0 Å². The van der Waals surface area contributed by atoms with Crippen LogP contribution in [0.25, 0.3) is 0 Å². The Morgan fingerprint density at radius 2 is 1.79 bits per heavy atom. The molecule has 3 rings (SSSR count). The van der Waals surface area contributed by atoms with Gasteiger partial charge in [-0.25, -0.2) is 0 Å². The summed E-state index contributed by atoms with van der Waals surface area (Å²) in [6, 6.07) is 5.34. The van der Waals surface area contributed by atoms with Crippen molar-refractivity contribution < 1.29 is 28.9 Å². The standard InChI is InChI=1S/C17H19NO6/c1-22-10-4-3-9(7-13(10)23-2)8-18-16(19)14-11-5-6-12(24-11)15(14)17(20)21/h3-7,11-12,14-15H,8H2,1-2H3,(H,18,19)(H,20,21). The molecule has 2 aliphatic heterocycles. The minimum Gasteiger partial charge on any atom is -0.493 e. The number of aliphatic carboxylic acids is 1. The summed E-state index contributed by atoms with van der Waals surface area (Å²) in [5.74, 6) is -1.72. The van der Waals surface area contributed by atoms with Crippen molar-refractivity contribution in [2.24, 2.45) is 11.8 Å². The van der Waals surface area contributed by atoms with Crippen molar-refractivity contribution in [3.63, 3.8) is 0 Å². The van der Waals surface area contributed by atoms with E-state index in [0.29, 0.717) is 11.5 Å². The van der Waals surface area contributed by atoms with Gasteiger partial charge in [0.25, 0.3) is 0 Å². The molecule has 2 aliphatic rings. The van der Waals surface area contributed by atoms with E-state index in [1.165, 1.54) is 7.11 Å². The molecule has 1 aromatic carbocycles. The number of hydrogen-bond acceptors (Lipinski definition) is 5. The zero-order valence-corrected chi connectivity index (χ0v) is 13.4. The van der Waals surface area contributed by atoms with E-state index in [0.717, 1.165) is 5.56 Å². The van der Waals surface area contributed by atoms with Crippen LogP contribution < -0.4 is 14.8 Å². The molecule has 1 fully saturated rings. The molecule has 0 aromatic heterocycles. The molecule has 1 saturated heterocycles. The van der Waals surface area contributed by atoms with Crippen molar-refractivity contribution in [3.8, 4) is 11.5 Å². The van der Waals surface area contributed by atoms with Crippen LogP contribution in [0, 0.1) is 11.8 Å². The van der Waals surface area contributed by atoms with Gasteiger partial charge in [0.05, 0.1) is 32.3 Å². The Balaban J connectivity index is 1.67. The third-order valence-corrected chi connectivity index (χ3v) is 4.40. The first-order valence-corrected chi connectivity index (χ1v) is 7.60.